The normalized spacial score (nSPS) is 34.7. The number of hydrogen-bond donors (Lipinski definition) is 3. The third kappa shape index (κ3) is 4.10. The monoisotopic (exact) mass is 452 g/mol. The van der Waals surface area contributed by atoms with E-state index in [0.29, 0.717) is 12.4 Å². The van der Waals surface area contributed by atoms with Crippen molar-refractivity contribution in [2.45, 2.75) is 50.7 Å². The summed E-state index contributed by atoms with van der Waals surface area (Å²) in [7, 11) is 0. The van der Waals surface area contributed by atoms with Gasteiger partial charge in [0, 0.05) is 42.3 Å². The van der Waals surface area contributed by atoms with E-state index in [1.165, 1.54) is 4.90 Å². The van der Waals surface area contributed by atoms with Gasteiger partial charge in [0.25, 0.3) is 0 Å². The third-order valence-corrected chi connectivity index (χ3v) is 8.45. The zero-order chi connectivity index (χ0) is 22.4. The number of nitrogens with zero attached hydrogens (tertiary/aromatic N) is 3. The molecule has 172 valence electrons. The van der Waals surface area contributed by atoms with Gasteiger partial charge < -0.3 is 24.7 Å². The number of morpholine rings is 1. The van der Waals surface area contributed by atoms with Gasteiger partial charge in [0.05, 0.1) is 36.6 Å². The predicted molar refractivity (Wildman–Crippen MR) is 117 cm³/mol. The minimum absolute atomic E-state index is 0.0726. The highest BCUT2D eigenvalue weighted by Gasteiger charge is 2.60. The molecule has 6 atom stereocenters. The van der Waals surface area contributed by atoms with Crippen molar-refractivity contribution >= 4 is 29.5 Å². The van der Waals surface area contributed by atoms with E-state index in [1.807, 2.05) is 11.8 Å². The Hall–Kier alpha value is -1.62. The van der Waals surface area contributed by atoms with Crippen LogP contribution in [0.2, 0.25) is 0 Å². The summed E-state index contributed by atoms with van der Waals surface area (Å²) in [6, 6.07) is -0.260. The molecule has 0 spiro atoms. The molecular weight excluding hydrogens is 420 g/mol. The summed E-state index contributed by atoms with van der Waals surface area (Å²) < 4.78 is 5.90. The Morgan fingerprint density at radius 3 is 2.74 bits per heavy atom. The van der Waals surface area contributed by atoms with Crippen LogP contribution in [0.25, 0.3) is 0 Å². The fourth-order valence-corrected chi connectivity index (χ4v) is 6.86. The molecule has 1 amide bonds. The van der Waals surface area contributed by atoms with E-state index in [-0.39, 0.29) is 34.9 Å². The largest absolute Gasteiger partial charge is 0.477 e. The molecule has 4 heterocycles. The zero-order valence-electron chi connectivity index (χ0n) is 18.3. The Bertz CT molecular complexity index is 803. The van der Waals surface area contributed by atoms with E-state index in [1.54, 1.807) is 25.6 Å². The molecule has 3 N–H and O–H groups in total. The van der Waals surface area contributed by atoms with E-state index >= 15 is 0 Å². The second-order valence-electron chi connectivity index (χ2n) is 9.08. The highest BCUT2D eigenvalue weighted by Crippen LogP contribution is 2.51. The number of ether oxygens (including phenoxy) is 1. The smallest absolute Gasteiger partial charge is 0.353 e. The average Bonchev–Trinajstić information content (AvgIpc) is 3.23. The molecule has 31 heavy (non-hydrogen) atoms. The van der Waals surface area contributed by atoms with Gasteiger partial charge in [-0.05, 0) is 26.8 Å². The van der Waals surface area contributed by atoms with Crippen LogP contribution < -0.4 is 0 Å². The molecule has 3 saturated heterocycles. The first kappa shape index (κ1) is 22.6. The second-order valence-corrected chi connectivity index (χ2v) is 10.4. The lowest BCUT2D eigenvalue weighted by Gasteiger charge is -2.46. The van der Waals surface area contributed by atoms with E-state index in [4.69, 9.17) is 10.1 Å². The van der Waals surface area contributed by atoms with Crippen molar-refractivity contribution in [2.75, 3.05) is 39.3 Å². The van der Waals surface area contributed by atoms with Crippen molar-refractivity contribution in [3.63, 3.8) is 0 Å². The summed E-state index contributed by atoms with van der Waals surface area (Å²) in [6.45, 7) is 10.1. The van der Waals surface area contributed by atoms with Crippen LogP contribution in [0.15, 0.2) is 10.6 Å². The molecule has 0 saturated carbocycles. The van der Waals surface area contributed by atoms with Gasteiger partial charge in [0.1, 0.15) is 5.70 Å². The number of rotatable bonds is 6. The fraction of sp³-hybridized carbons (Fsp3) is 0.762. The maximum Gasteiger partial charge on any atom is 0.353 e. The Kier molecular flexibility index (Phi) is 6.35. The summed E-state index contributed by atoms with van der Waals surface area (Å²) in [5.74, 6) is -1.39. The number of amidine groups is 1. The minimum Gasteiger partial charge on any atom is -0.477 e. The highest BCUT2D eigenvalue weighted by molar-refractivity contribution is 8.03. The molecule has 0 aliphatic carbocycles. The molecule has 4 aliphatic rings. The quantitative estimate of drug-likeness (QED) is 0.305. The number of carboxylic acids is 1. The first-order valence-electron chi connectivity index (χ1n) is 11.0. The number of amides is 1. The highest BCUT2D eigenvalue weighted by atomic mass is 32.2. The standard InChI is InChI=1S/C21H32N4O5S/c1-11-17-16(12(2)26)20(27)25(17)18(21(28)29)19(11)31-15-4-5-23(10-15)8-14-9-24(13(3)22)6-7-30-14/h11-12,14-17,22,26H,4-10H2,1-3H3,(H,28,29)/t11-,12-,14-,15-,16-,17-/m1/s1. The number of β-lactam (4-membered cyclic amide) rings is 1. The number of aliphatic carboxylic acids is 1. The van der Waals surface area contributed by atoms with Gasteiger partial charge in [0.15, 0.2) is 0 Å². The predicted octanol–water partition coefficient (Wildman–Crippen LogP) is 0.646. The number of carbonyl (C=O) groups excluding carboxylic acids is 1. The lowest BCUT2D eigenvalue weighted by Crippen LogP contribution is -2.63. The Morgan fingerprint density at radius 1 is 1.35 bits per heavy atom. The van der Waals surface area contributed by atoms with Gasteiger partial charge in [-0.2, -0.15) is 0 Å². The number of aliphatic hydroxyl groups is 1. The van der Waals surface area contributed by atoms with Crippen molar-refractivity contribution in [3.05, 3.63) is 10.6 Å². The number of nitrogens with one attached hydrogen (secondary N) is 1. The van der Waals surface area contributed by atoms with Gasteiger partial charge in [-0.25, -0.2) is 4.79 Å². The number of likely N-dealkylation sites (tertiary alicyclic amines) is 1. The summed E-state index contributed by atoms with van der Waals surface area (Å²) in [4.78, 5) is 31.0. The molecule has 4 rings (SSSR count). The Morgan fingerprint density at radius 2 is 2.10 bits per heavy atom. The lowest BCUT2D eigenvalue weighted by atomic mass is 9.79. The maximum absolute atomic E-state index is 12.5. The fourth-order valence-electron chi connectivity index (χ4n) is 5.34. The summed E-state index contributed by atoms with van der Waals surface area (Å²) >= 11 is 1.59. The van der Waals surface area contributed by atoms with E-state index in [9.17, 15) is 19.8 Å². The van der Waals surface area contributed by atoms with Crippen molar-refractivity contribution in [1.29, 1.82) is 5.41 Å². The zero-order valence-corrected chi connectivity index (χ0v) is 19.1. The molecule has 0 aromatic rings. The van der Waals surface area contributed by atoms with Crippen LogP contribution in [-0.2, 0) is 14.3 Å². The summed E-state index contributed by atoms with van der Waals surface area (Å²) in [5, 5.41) is 27.9. The third-order valence-electron chi connectivity index (χ3n) is 6.91. The van der Waals surface area contributed by atoms with Crippen LogP contribution in [0, 0.1) is 17.2 Å². The number of aliphatic hydroxyl groups excluding tert-OH is 1. The molecular formula is C21H32N4O5S. The van der Waals surface area contributed by atoms with Crippen molar-refractivity contribution < 1.29 is 24.5 Å². The Labute approximate surface area is 186 Å². The molecule has 10 heteroatoms. The minimum atomic E-state index is -1.07. The molecule has 0 aromatic carbocycles. The number of carbonyl (C=O) groups is 2. The van der Waals surface area contributed by atoms with Crippen LogP contribution in [0.5, 0.6) is 0 Å². The van der Waals surface area contributed by atoms with Gasteiger partial charge in [0.2, 0.25) is 5.91 Å². The second kappa shape index (κ2) is 8.73. The van der Waals surface area contributed by atoms with Gasteiger partial charge in [-0.1, -0.05) is 6.92 Å². The molecule has 4 aliphatic heterocycles. The van der Waals surface area contributed by atoms with Crippen LogP contribution in [0.4, 0.5) is 0 Å². The van der Waals surface area contributed by atoms with E-state index in [2.05, 4.69) is 4.90 Å². The summed E-state index contributed by atoms with van der Waals surface area (Å²) in [5.41, 5.74) is 0.107. The maximum atomic E-state index is 12.5. The summed E-state index contributed by atoms with van der Waals surface area (Å²) in [6.07, 6.45) is 0.243. The molecule has 0 aromatic heterocycles. The van der Waals surface area contributed by atoms with Crippen LogP contribution in [0.3, 0.4) is 0 Å². The number of carboxylic acid groups (broad SMARTS) is 1. The van der Waals surface area contributed by atoms with Gasteiger partial charge in [-0.15, -0.1) is 11.8 Å². The molecule has 0 unspecified atom stereocenters. The van der Waals surface area contributed by atoms with Gasteiger partial charge in [-0.3, -0.25) is 15.1 Å². The van der Waals surface area contributed by atoms with E-state index in [0.717, 1.165) is 44.0 Å². The molecule has 0 radical (unpaired) electrons. The first-order valence-corrected chi connectivity index (χ1v) is 11.9. The molecule has 3 fully saturated rings. The van der Waals surface area contributed by atoms with Gasteiger partial charge >= 0.3 is 5.97 Å². The van der Waals surface area contributed by atoms with Crippen LogP contribution >= 0.6 is 11.8 Å². The van der Waals surface area contributed by atoms with Crippen LogP contribution in [-0.4, -0.2) is 105 Å². The topological polar surface area (TPSA) is 117 Å². The van der Waals surface area contributed by atoms with E-state index < -0.39 is 18.0 Å². The first-order chi connectivity index (χ1) is 14.7. The van der Waals surface area contributed by atoms with Crippen molar-refractivity contribution in [1.82, 2.24) is 14.7 Å². The molecule has 0 bridgehead atoms. The SMILES string of the molecule is CC(=N)N1CCO[C@H](CN2CC[C@@H](SC3=C(C(=O)O)N4C(=O)[C@H]([C@@H](C)O)[C@H]4[C@H]3C)C2)C1. The number of hydrogen-bond acceptors (Lipinski definition) is 7. The van der Waals surface area contributed by atoms with Crippen LogP contribution in [0.1, 0.15) is 27.2 Å². The number of fused-ring (bicyclic) bond motifs is 1. The van der Waals surface area contributed by atoms with Crippen molar-refractivity contribution in [2.24, 2.45) is 11.8 Å². The Balaban J connectivity index is 1.39. The van der Waals surface area contributed by atoms with Crippen molar-refractivity contribution in [3.8, 4) is 0 Å². The number of thioether (sulfide) groups is 1. The average molecular weight is 453 g/mol. The molecule has 9 nitrogen and oxygen atoms in total. The lowest BCUT2D eigenvalue weighted by molar-refractivity contribution is -0.163.